The van der Waals surface area contributed by atoms with Gasteiger partial charge in [-0.2, -0.15) is 0 Å². The van der Waals surface area contributed by atoms with Crippen LogP contribution >= 0.6 is 15.9 Å². The fraction of sp³-hybridized carbons (Fsp3) is 0.417. The Hall–Kier alpha value is -1.63. The van der Waals surface area contributed by atoms with E-state index in [9.17, 15) is 4.79 Å². The van der Waals surface area contributed by atoms with Gasteiger partial charge in [-0.25, -0.2) is 4.98 Å². The van der Waals surface area contributed by atoms with Crippen LogP contribution in [0.4, 0.5) is 0 Å². The third-order valence-corrected chi connectivity index (χ3v) is 3.04. The van der Waals surface area contributed by atoms with Gasteiger partial charge in [0.1, 0.15) is 11.6 Å². The van der Waals surface area contributed by atoms with Crippen molar-refractivity contribution in [3.05, 3.63) is 34.2 Å². The highest BCUT2D eigenvalue weighted by atomic mass is 79.9. The zero-order valence-corrected chi connectivity index (χ0v) is 12.6. The number of aromatic nitrogens is 3. The molecule has 2 rings (SSSR count). The Kier molecular flexibility index (Phi) is 4.04. The topological polar surface area (TPSA) is 75.0 Å². The average Bonchev–Trinajstić information content (AvgIpc) is 2.97. The van der Waals surface area contributed by atoms with Gasteiger partial charge in [-0.1, -0.05) is 13.8 Å². The van der Waals surface area contributed by atoms with Gasteiger partial charge in [-0.15, -0.1) is 5.10 Å². The van der Waals surface area contributed by atoms with Crippen LogP contribution in [-0.2, 0) is 6.54 Å². The molecule has 0 fully saturated rings. The van der Waals surface area contributed by atoms with Crippen LogP contribution in [0.15, 0.2) is 21.2 Å². The van der Waals surface area contributed by atoms with Crippen molar-refractivity contribution in [2.45, 2.75) is 26.3 Å². The number of amides is 1. The number of nitrogens with zero attached hydrogens (tertiary/aromatic N) is 3. The van der Waals surface area contributed by atoms with Crippen molar-refractivity contribution >= 4 is 21.8 Å². The summed E-state index contributed by atoms with van der Waals surface area (Å²) in [4.78, 5) is 17.8. The SMILES string of the molecule is CC(C)c1nc(C(=O)N(C)Cc2ccc(Br)o2)n[nH]1. The van der Waals surface area contributed by atoms with Gasteiger partial charge in [0.2, 0.25) is 5.82 Å². The summed E-state index contributed by atoms with van der Waals surface area (Å²) in [5.74, 6) is 1.55. The predicted octanol–water partition coefficient (Wildman–Crippen LogP) is 2.56. The number of rotatable bonds is 4. The number of furan rings is 1. The summed E-state index contributed by atoms with van der Waals surface area (Å²) in [6.45, 7) is 4.34. The van der Waals surface area contributed by atoms with Crippen LogP contribution < -0.4 is 0 Å². The first kappa shape index (κ1) is 13.8. The van der Waals surface area contributed by atoms with E-state index >= 15 is 0 Å². The lowest BCUT2D eigenvalue weighted by atomic mass is 10.2. The zero-order valence-electron chi connectivity index (χ0n) is 11.0. The quantitative estimate of drug-likeness (QED) is 0.936. The molecule has 1 amide bonds. The Morgan fingerprint density at radius 2 is 2.26 bits per heavy atom. The monoisotopic (exact) mass is 326 g/mol. The van der Waals surface area contributed by atoms with E-state index in [0.717, 1.165) is 0 Å². The van der Waals surface area contributed by atoms with Crippen LogP contribution in [0.5, 0.6) is 0 Å². The lowest BCUT2D eigenvalue weighted by Crippen LogP contribution is -2.27. The first-order valence-electron chi connectivity index (χ1n) is 5.89. The largest absolute Gasteiger partial charge is 0.452 e. The number of hydrogen-bond donors (Lipinski definition) is 1. The van der Waals surface area contributed by atoms with Gasteiger partial charge in [-0.05, 0) is 28.1 Å². The van der Waals surface area contributed by atoms with E-state index in [1.165, 1.54) is 4.90 Å². The van der Waals surface area contributed by atoms with Crippen molar-refractivity contribution in [2.75, 3.05) is 7.05 Å². The summed E-state index contributed by atoms with van der Waals surface area (Å²) < 4.78 is 6.00. The van der Waals surface area contributed by atoms with E-state index in [1.807, 2.05) is 19.9 Å². The van der Waals surface area contributed by atoms with Gasteiger partial charge in [0.25, 0.3) is 5.91 Å². The van der Waals surface area contributed by atoms with Crippen molar-refractivity contribution < 1.29 is 9.21 Å². The number of aromatic amines is 1. The van der Waals surface area contributed by atoms with Gasteiger partial charge in [-0.3, -0.25) is 9.89 Å². The summed E-state index contributed by atoms with van der Waals surface area (Å²) in [6, 6.07) is 3.60. The second kappa shape index (κ2) is 5.56. The summed E-state index contributed by atoms with van der Waals surface area (Å²) in [6.07, 6.45) is 0. The van der Waals surface area contributed by atoms with Crippen LogP contribution in [0.25, 0.3) is 0 Å². The molecule has 0 radical (unpaired) electrons. The molecule has 2 heterocycles. The van der Waals surface area contributed by atoms with Crippen LogP contribution in [-0.4, -0.2) is 33.0 Å². The van der Waals surface area contributed by atoms with Gasteiger partial charge < -0.3 is 9.32 Å². The Morgan fingerprint density at radius 3 is 2.79 bits per heavy atom. The Morgan fingerprint density at radius 1 is 1.53 bits per heavy atom. The first-order valence-corrected chi connectivity index (χ1v) is 6.68. The number of nitrogens with one attached hydrogen (secondary N) is 1. The predicted molar refractivity (Wildman–Crippen MR) is 72.7 cm³/mol. The second-order valence-corrected chi connectivity index (χ2v) is 5.35. The van der Waals surface area contributed by atoms with Crippen molar-refractivity contribution in [1.29, 1.82) is 0 Å². The molecule has 19 heavy (non-hydrogen) atoms. The minimum atomic E-state index is -0.240. The molecule has 2 aromatic rings. The van der Waals surface area contributed by atoms with Gasteiger partial charge in [0.15, 0.2) is 4.67 Å². The molecule has 7 heteroatoms. The van der Waals surface area contributed by atoms with Crippen molar-refractivity contribution in [3.8, 4) is 0 Å². The molecule has 6 nitrogen and oxygen atoms in total. The lowest BCUT2D eigenvalue weighted by molar-refractivity contribution is 0.0763. The highest BCUT2D eigenvalue weighted by Gasteiger charge is 2.19. The number of carbonyl (C=O) groups excluding carboxylic acids is 1. The Bertz CT molecular complexity index is 576. The smallest absolute Gasteiger partial charge is 0.293 e. The molecule has 102 valence electrons. The third kappa shape index (κ3) is 3.23. The maximum Gasteiger partial charge on any atom is 0.293 e. The summed E-state index contributed by atoms with van der Waals surface area (Å²) >= 11 is 3.22. The molecular formula is C12H15BrN4O2. The van der Waals surface area contributed by atoms with E-state index in [2.05, 4.69) is 31.1 Å². The molecule has 0 saturated heterocycles. The lowest BCUT2D eigenvalue weighted by Gasteiger charge is -2.13. The highest BCUT2D eigenvalue weighted by Crippen LogP contribution is 2.16. The highest BCUT2D eigenvalue weighted by molar-refractivity contribution is 9.10. The van der Waals surface area contributed by atoms with E-state index in [1.54, 1.807) is 13.1 Å². The molecule has 2 aromatic heterocycles. The fourth-order valence-corrected chi connectivity index (χ4v) is 1.88. The average molecular weight is 327 g/mol. The van der Waals surface area contributed by atoms with Crippen molar-refractivity contribution in [2.24, 2.45) is 0 Å². The Balaban J connectivity index is 2.05. The van der Waals surface area contributed by atoms with Crippen molar-refractivity contribution in [1.82, 2.24) is 20.1 Å². The molecular weight excluding hydrogens is 312 g/mol. The molecule has 0 spiro atoms. The summed E-state index contributed by atoms with van der Waals surface area (Å²) in [5, 5.41) is 6.71. The number of H-pyrrole nitrogens is 1. The Labute approximate surface area is 119 Å². The number of hydrogen-bond acceptors (Lipinski definition) is 4. The summed E-state index contributed by atoms with van der Waals surface area (Å²) in [5.41, 5.74) is 0. The molecule has 0 aliphatic heterocycles. The maximum atomic E-state index is 12.1. The number of halogens is 1. The standard InChI is InChI=1S/C12H15BrN4O2/c1-7(2)10-14-11(16-15-10)12(18)17(3)6-8-4-5-9(13)19-8/h4-5,7H,6H2,1-3H3,(H,14,15,16). The molecule has 0 aliphatic rings. The molecule has 0 atom stereocenters. The van der Waals surface area contributed by atoms with E-state index in [-0.39, 0.29) is 17.6 Å². The minimum absolute atomic E-state index is 0.178. The van der Waals surface area contributed by atoms with Crippen LogP contribution in [0.1, 0.15) is 42.0 Å². The molecule has 0 aliphatic carbocycles. The van der Waals surface area contributed by atoms with Crippen molar-refractivity contribution in [3.63, 3.8) is 0 Å². The molecule has 0 saturated carbocycles. The first-order chi connectivity index (χ1) is 8.97. The maximum absolute atomic E-state index is 12.1. The molecule has 0 aromatic carbocycles. The summed E-state index contributed by atoms with van der Waals surface area (Å²) in [7, 11) is 1.68. The molecule has 0 unspecified atom stereocenters. The van der Waals surface area contributed by atoms with Gasteiger partial charge >= 0.3 is 0 Å². The van der Waals surface area contributed by atoms with E-state index in [0.29, 0.717) is 22.8 Å². The van der Waals surface area contributed by atoms with Crippen LogP contribution in [0, 0.1) is 0 Å². The molecule has 1 N–H and O–H groups in total. The van der Waals surface area contributed by atoms with Crippen LogP contribution in [0.2, 0.25) is 0 Å². The third-order valence-electron chi connectivity index (χ3n) is 2.61. The zero-order chi connectivity index (χ0) is 14.0. The van der Waals surface area contributed by atoms with Gasteiger partial charge in [0.05, 0.1) is 6.54 Å². The fourth-order valence-electron chi connectivity index (χ4n) is 1.54. The van der Waals surface area contributed by atoms with E-state index in [4.69, 9.17) is 4.42 Å². The minimum Gasteiger partial charge on any atom is -0.452 e. The normalized spacial score (nSPS) is 11.0. The van der Waals surface area contributed by atoms with E-state index < -0.39 is 0 Å². The van der Waals surface area contributed by atoms with Crippen LogP contribution in [0.3, 0.4) is 0 Å². The van der Waals surface area contributed by atoms with Gasteiger partial charge in [0, 0.05) is 13.0 Å². The molecule has 0 bridgehead atoms. The number of carbonyl (C=O) groups is 1. The second-order valence-electron chi connectivity index (χ2n) is 4.57.